The van der Waals surface area contributed by atoms with Crippen LogP contribution in [0.25, 0.3) is 10.8 Å². The topological polar surface area (TPSA) is 496 Å². The van der Waals surface area contributed by atoms with Gasteiger partial charge in [-0.1, -0.05) is 28.3 Å². The fourth-order valence-corrected chi connectivity index (χ4v) is 8.14. The minimum absolute atomic E-state index is 0. The molecule has 1 radical (unpaired) electrons. The van der Waals surface area contributed by atoms with Crippen LogP contribution in [0.3, 0.4) is 0 Å². The third kappa shape index (κ3) is 27.2. The molecule has 0 atom stereocenters. The van der Waals surface area contributed by atoms with E-state index in [-0.39, 0.29) is 207 Å². The number of aromatic hydroxyl groups is 2. The summed E-state index contributed by atoms with van der Waals surface area (Å²) < 4.78 is 177. The van der Waals surface area contributed by atoms with Crippen LogP contribution in [0.5, 0.6) is 11.5 Å². The van der Waals surface area contributed by atoms with E-state index >= 15 is 0 Å². The van der Waals surface area contributed by atoms with Gasteiger partial charge in [-0.05, 0) is 78.7 Å². The Morgan fingerprint density at radius 2 is 1.14 bits per heavy atom. The Morgan fingerprint density at radius 3 is 1.62 bits per heavy atom. The molecule has 1 aromatic heterocycles. The minimum Gasteiger partial charge on any atom is -0.744 e. The number of fused-ring (bicyclic) bond motifs is 1. The van der Waals surface area contributed by atoms with Crippen LogP contribution in [0.15, 0.2) is 108 Å². The molecule has 6 rings (SSSR count). The number of rotatable bonds is 14. The van der Waals surface area contributed by atoms with Crippen LogP contribution >= 0.6 is 11.6 Å². The smallest absolute Gasteiger partial charge is 0.744 e. The molecule has 411 valence electrons. The fourth-order valence-electron chi connectivity index (χ4n) is 5.55. The van der Waals surface area contributed by atoms with Crippen molar-refractivity contribution in [3.05, 3.63) is 104 Å². The molecule has 0 spiro atoms. The van der Waals surface area contributed by atoms with E-state index in [0.717, 1.165) is 12.1 Å². The summed E-state index contributed by atoms with van der Waals surface area (Å²) in [6.45, 7) is 8.36. The van der Waals surface area contributed by atoms with Crippen LogP contribution in [0.4, 0.5) is 51.7 Å². The molecule has 0 aliphatic heterocycles. The van der Waals surface area contributed by atoms with Gasteiger partial charge in [-0.3, -0.25) is 9.11 Å². The maximum absolute atomic E-state index is 12.3. The molecule has 0 bridgehead atoms. The van der Waals surface area contributed by atoms with Crippen molar-refractivity contribution in [3.63, 3.8) is 0 Å². The van der Waals surface area contributed by atoms with Crippen LogP contribution in [-0.4, -0.2) is 121 Å². The number of hydrogen-bond donors (Lipinski definition) is 7. The number of aryl methyl sites for hydroxylation is 1. The van der Waals surface area contributed by atoms with Gasteiger partial charge in [0, 0.05) is 58.7 Å². The Labute approximate surface area is 557 Å². The van der Waals surface area contributed by atoms with Gasteiger partial charge in [0.2, 0.25) is 38.0 Å². The van der Waals surface area contributed by atoms with Crippen LogP contribution in [0.2, 0.25) is 5.28 Å². The minimum atomic E-state index is -5.09. The van der Waals surface area contributed by atoms with Crippen molar-refractivity contribution in [2.45, 2.75) is 21.6 Å². The number of azo groups is 2. The number of halogens is 1. The quantitative estimate of drug-likeness (QED) is 0.0175. The molecule has 0 saturated heterocycles. The third-order valence-corrected chi connectivity index (χ3v) is 12.8. The molecular formula is C37H33ClCuN10Na4O20S6-2. The Bertz CT molecular complexity index is 3820. The summed E-state index contributed by atoms with van der Waals surface area (Å²) in [5, 5.41) is 46.9. The number of anilines is 5. The number of phenolic OH excluding ortho intramolecular Hbond substituents is 2. The van der Waals surface area contributed by atoms with Crippen molar-refractivity contribution in [3.8, 4) is 11.5 Å². The van der Waals surface area contributed by atoms with Gasteiger partial charge in [0.05, 0.1) is 20.4 Å². The number of benzene rings is 5. The molecule has 79 heavy (non-hydrogen) atoms. The predicted octanol–water partition coefficient (Wildman–Crippen LogP) is -7.30. The van der Waals surface area contributed by atoms with Crippen LogP contribution < -0.4 is 134 Å². The molecule has 0 aliphatic carbocycles. The summed E-state index contributed by atoms with van der Waals surface area (Å²) >= 11 is 6.15. The Kier molecular flexibility index (Phi) is 35.8. The van der Waals surface area contributed by atoms with Crippen molar-refractivity contribution >= 4 is 135 Å². The molecule has 1 heterocycles. The maximum Gasteiger partial charge on any atom is 1.00 e. The predicted molar refractivity (Wildman–Crippen MR) is 257 cm³/mol. The first kappa shape index (κ1) is 80.8. The molecule has 7 N–H and O–H groups in total. The largest absolute Gasteiger partial charge is 1.00 e. The van der Waals surface area contributed by atoms with Gasteiger partial charge >= 0.3 is 129 Å². The van der Waals surface area contributed by atoms with E-state index in [1.807, 2.05) is 0 Å². The van der Waals surface area contributed by atoms with E-state index in [9.17, 15) is 40.0 Å². The van der Waals surface area contributed by atoms with Gasteiger partial charge in [0.1, 0.15) is 27.2 Å². The summed E-state index contributed by atoms with van der Waals surface area (Å²) in [5.41, 5.74) is 0.741. The normalized spacial score (nSPS) is 11.2. The molecule has 0 unspecified atom stereocenters. The molecule has 0 aliphatic rings. The maximum atomic E-state index is 12.3. The standard InChI is InChI=1S/C37H32ClN10O9S3.Cu.4Na.2H2O4S.O3S/c1-5-58(51,52)23-10-7-21(8-11-23)40-36-42-35(38)43-37(44-36)41-22-9-16-31(60(55,56)57)29(18-22)47-48-33-24-12-15-27(34(50)25(24)13-14-26(33)39-4)45-46-28-17-20(3)32(19-30(28)49)59(53,54)6-2;;;;;;2*1-5(2,3)4;1-4(2)3/h7-14,16-19,39,49-50H,1-2,5-6H2,3-4H3,(H,55,56,57)(H2,40,41,42,43,44);;;;;;2*(H2,1,2,3,4);/q-3;;4*+1;;;/p-3. The van der Waals surface area contributed by atoms with Crippen LogP contribution in [0, 0.1) is 26.8 Å². The van der Waals surface area contributed by atoms with E-state index < -0.39 is 83.3 Å². The summed E-state index contributed by atoms with van der Waals surface area (Å²) in [5.74, 6) is -1.75. The molecule has 6 aromatic rings. The first-order chi connectivity index (χ1) is 34.1. The molecule has 5 aromatic carbocycles. The van der Waals surface area contributed by atoms with Gasteiger partial charge in [0.15, 0.2) is 19.7 Å². The number of hydrogen-bond acceptors (Lipinski definition) is 28. The molecule has 42 heteroatoms. The van der Waals surface area contributed by atoms with Crippen molar-refractivity contribution in [2.75, 3.05) is 34.5 Å². The van der Waals surface area contributed by atoms with Crippen molar-refractivity contribution < 1.29 is 223 Å². The molecule has 0 saturated carbocycles. The second kappa shape index (κ2) is 35.0. The van der Waals surface area contributed by atoms with Gasteiger partial charge in [-0.2, -0.15) is 42.4 Å². The molecule has 30 nitrogen and oxygen atoms in total. The molecule has 0 amide bonds. The Morgan fingerprint density at radius 1 is 0.658 bits per heavy atom. The van der Waals surface area contributed by atoms with Gasteiger partial charge in [0.25, 0.3) is 0 Å². The summed E-state index contributed by atoms with van der Waals surface area (Å²) in [6, 6.07) is 18.9. The second-order valence-electron chi connectivity index (χ2n) is 13.5. The SMILES string of the molecule is O=S(=O)([O-])O.O=S(=O)([O-])O.O=S(=O)=O.[CH2-]CS(=O)(=O)c1ccc(Nc2nc(Cl)nc(Nc3ccc(S(=O)(=O)[O-])c(N=Nc4c(NC)ccc5c(O)c(N=Nc6cc(C)c(S(=O)(=O)C[CH2-])cc6O)[c-]cc45)c3)n2)cc1.[Cu].[Na+].[Na+].[Na+].[Na+]. The number of sulfone groups is 2. The zero-order valence-corrected chi connectivity index (χ0v) is 55.9. The van der Waals surface area contributed by atoms with Crippen LogP contribution in [-0.2, 0) is 78.3 Å². The Hall–Kier alpha value is -2.45. The Balaban J connectivity index is -0.00000271. The van der Waals surface area contributed by atoms with E-state index in [0.29, 0.717) is 16.9 Å². The van der Waals surface area contributed by atoms with E-state index in [1.54, 1.807) is 13.1 Å². The van der Waals surface area contributed by atoms with E-state index in [2.05, 4.69) is 71.3 Å². The first-order valence-electron chi connectivity index (χ1n) is 18.9. The van der Waals surface area contributed by atoms with Crippen molar-refractivity contribution in [1.82, 2.24) is 15.0 Å². The average Bonchev–Trinajstić information content (AvgIpc) is 3.27. The first-order valence-corrected chi connectivity index (χ1v) is 27.8. The fraction of sp³-hybridized carbons (Fsp3) is 0.108. The molecular weight excluding hydrogens is 1290 g/mol. The second-order valence-corrected chi connectivity index (χ2v) is 21.5. The zero-order valence-electron chi connectivity index (χ0n) is 41.3. The van der Waals surface area contributed by atoms with Gasteiger partial charge < -0.3 is 53.7 Å². The summed E-state index contributed by atoms with van der Waals surface area (Å²) in [4.78, 5) is 11.6. The third-order valence-electron chi connectivity index (χ3n) is 8.54. The zero-order chi connectivity index (χ0) is 56.1. The number of nitrogens with one attached hydrogen (secondary N) is 3. The van der Waals surface area contributed by atoms with E-state index in [1.165, 1.54) is 61.5 Å². The van der Waals surface area contributed by atoms with Crippen molar-refractivity contribution in [1.29, 1.82) is 0 Å². The van der Waals surface area contributed by atoms with Gasteiger partial charge in [-0.15, -0.1) is 17.7 Å². The number of aromatic nitrogens is 3. The average molecular weight is 1320 g/mol. The molecule has 0 fully saturated rings. The summed E-state index contributed by atoms with van der Waals surface area (Å²) in [6.07, 6.45) is 0. The van der Waals surface area contributed by atoms with Crippen molar-refractivity contribution in [2.24, 2.45) is 20.5 Å². The van der Waals surface area contributed by atoms with Gasteiger partial charge in [-0.25, -0.2) is 42.1 Å². The number of phenols is 2. The number of nitrogens with zero attached hydrogens (tertiary/aromatic N) is 7. The van der Waals surface area contributed by atoms with E-state index in [4.69, 9.17) is 59.3 Å². The van der Waals surface area contributed by atoms with Crippen LogP contribution in [0.1, 0.15) is 5.56 Å². The summed E-state index contributed by atoms with van der Waals surface area (Å²) in [7, 11) is -23.7. The monoisotopic (exact) mass is 1320 g/mol.